The standard InChI is InChI=1S/C31H30N8/c1-4-28-35-29-19(2)15-20(3)34-31(29)38(28)17-21-9-11-22(12-10-21)26-16-24(13-14-25(26)30(32)36-33)39-18-23-7-5-6-8-27(23)37-39/h5-16,18H,4,17,33H2,1-3H3,(H2,32,36). The van der Waals surface area contributed by atoms with Crippen LogP contribution in [0.25, 0.3) is 38.9 Å². The number of nitrogens with zero attached hydrogens (tertiary/aromatic N) is 6. The van der Waals surface area contributed by atoms with E-state index in [0.717, 1.165) is 73.5 Å². The van der Waals surface area contributed by atoms with Crippen LogP contribution in [0.3, 0.4) is 0 Å². The molecule has 0 fully saturated rings. The molecule has 6 aromatic rings. The van der Waals surface area contributed by atoms with Crippen molar-refractivity contribution in [2.24, 2.45) is 16.7 Å². The quantitative estimate of drug-likeness (QED) is 0.137. The molecule has 0 amide bonds. The van der Waals surface area contributed by atoms with Crippen molar-refractivity contribution >= 4 is 27.9 Å². The molecule has 3 heterocycles. The highest BCUT2D eigenvalue weighted by molar-refractivity contribution is 6.03. The third-order valence-corrected chi connectivity index (χ3v) is 7.12. The van der Waals surface area contributed by atoms with Gasteiger partial charge in [-0.15, -0.1) is 0 Å². The minimum Gasteiger partial charge on any atom is -0.382 e. The van der Waals surface area contributed by atoms with Crippen LogP contribution in [0.15, 0.2) is 84.1 Å². The van der Waals surface area contributed by atoms with Crippen LogP contribution in [-0.4, -0.2) is 30.2 Å². The van der Waals surface area contributed by atoms with E-state index in [-0.39, 0.29) is 5.84 Å². The highest BCUT2D eigenvalue weighted by Gasteiger charge is 2.15. The minimum absolute atomic E-state index is 0.278. The van der Waals surface area contributed by atoms with Gasteiger partial charge in [-0.05, 0) is 66.4 Å². The summed E-state index contributed by atoms with van der Waals surface area (Å²) in [5.74, 6) is 6.89. The van der Waals surface area contributed by atoms with E-state index >= 15 is 0 Å². The van der Waals surface area contributed by atoms with E-state index < -0.39 is 0 Å². The lowest BCUT2D eigenvalue weighted by Gasteiger charge is -2.13. The van der Waals surface area contributed by atoms with Crippen LogP contribution in [0.2, 0.25) is 0 Å². The second-order valence-corrected chi connectivity index (χ2v) is 9.79. The van der Waals surface area contributed by atoms with Gasteiger partial charge in [-0.3, -0.25) is 0 Å². The van der Waals surface area contributed by atoms with Gasteiger partial charge in [0.2, 0.25) is 0 Å². The fourth-order valence-corrected chi connectivity index (χ4v) is 5.16. The van der Waals surface area contributed by atoms with Crippen LogP contribution in [-0.2, 0) is 13.0 Å². The molecule has 0 bridgehead atoms. The van der Waals surface area contributed by atoms with Crippen LogP contribution in [0.4, 0.5) is 0 Å². The summed E-state index contributed by atoms with van der Waals surface area (Å²) in [7, 11) is 0. The van der Waals surface area contributed by atoms with Crippen molar-refractivity contribution in [3.8, 4) is 16.8 Å². The Kier molecular flexibility index (Phi) is 6.07. The Labute approximate surface area is 226 Å². The molecular formula is C31H30N8. The monoisotopic (exact) mass is 514 g/mol. The first-order valence-electron chi connectivity index (χ1n) is 13.0. The van der Waals surface area contributed by atoms with Gasteiger partial charge in [0, 0.05) is 29.3 Å². The minimum atomic E-state index is 0.278. The summed E-state index contributed by atoms with van der Waals surface area (Å²) in [6.45, 7) is 6.94. The molecule has 0 aliphatic carbocycles. The summed E-state index contributed by atoms with van der Waals surface area (Å²) in [6, 6.07) is 24.6. The van der Waals surface area contributed by atoms with Crippen molar-refractivity contribution in [2.45, 2.75) is 33.7 Å². The van der Waals surface area contributed by atoms with Crippen LogP contribution in [0.1, 0.15) is 35.1 Å². The molecule has 8 nitrogen and oxygen atoms in total. The summed E-state index contributed by atoms with van der Waals surface area (Å²) in [6.07, 6.45) is 2.86. The predicted octanol–water partition coefficient (Wildman–Crippen LogP) is 5.24. The third-order valence-electron chi connectivity index (χ3n) is 7.12. The zero-order valence-electron chi connectivity index (χ0n) is 22.3. The second kappa shape index (κ2) is 9.72. The molecule has 6 rings (SSSR count). The lowest BCUT2D eigenvalue weighted by Crippen LogP contribution is -2.17. The van der Waals surface area contributed by atoms with Gasteiger partial charge in [0.15, 0.2) is 11.5 Å². The topological polar surface area (TPSA) is 113 Å². The maximum absolute atomic E-state index is 6.20. The van der Waals surface area contributed by atoms with E-state index in [1.165, 1.54) is 0 Å². The molecule has 0 aliphatic rings. The molecular weight excluding hydrogens is 484 g/mol. The number of benzene rings is 3. The Morgan fingerprint density at radius 1 is 0.949 bits per heavy atom. The van der Waals surface area contributed by atoms with Crippen LogP contribution < -0.4 is 11.6 Å². The normalized spacial score (nSPS) is 12.0. The zero-order chi connectivity index (χ0) is 27.1. The average molecular weight is 515 g/mol. The molecule has 0 saturated carbocycles. The van der Waals surface area contributed by atoms with Crippen LogP contribution in [0, 0.1) is 13.8 Å². The summed E-state index contributed by atoms with van der Waals surface area (Å²) in [4.78, 5) is 9.70. The lowest BCUT2D eigenvalue weighted by molar-refractivity contribution is 0.745. The molecule has 0 aliphatic heterocycles. The average Bonchev–Trinajstić information content (AvgIpc) is 3.54. The molecule has 0 spiro atoms. The molecule has 0 radical (unpaired) electrons. The number of fused-ring (bicyclic) bond motifs is 2. The number of pyridine rings is 1. The molecule has 3 aromatic heterocycles. The SMILES string of the molecule is CCc1nc2c(C)cc(C)nc2n1Cc1ccc(-c2cc(-n3cc4ccccc4n3)ccc2/C(N)=N/N)cc1. The molecule has 194 valence electrons. The van der Waals surface area contributed by atoms with Gasteiger partial charge in [0.25, 0.3) is 0 Å². The molecule has 39 heavy (non-hydrogen) atoms. The van der Waals surface area contributed by atoms with E-state index in [9.17, 15) is 0 Å². The number of aromatic nitrogens is 5. The van der Waals surface area contributed by atoms with E-state index in [0.29, 0.717) is 6.54 Å². The van der Waals surface area contributed by atoms with Gasteiger partial charge in [0.1, 0.15) is 11.3 Å². The first kappa shape index (κ1) is 24.4. The predicted molar refractivity (Wildman–Crippen MR) is 157 cm³/mol. The highest BCUT2D eigenvalue weighted by atomic mass is 15.3. The van der Waals surface area contributed by atoms with E-state index in [1.54, 1.807) is 0 Å². The van der Waals surface area contributed by atoms with Crippen LogP contribution in [0.5, 0.6) is 0 Å². The number of hydrazone groups is 1. The molecule has 4 N–H and O–H groups in total. The molecule has 0 atom stereocenters. The fraction of sp³-hybridized carbons (Fsp3) is 0.161. The van der Waals surface area contributed by atoms with Crippen molar-refractivity contribution in [3.63, 3.8) is 0 Å². The van der Waals surface area contributed by atoms with Crippen molar-refractivity contribution in [2.75, 3.05) is 0 Å². The van der Waals surface area contributed by atoms with E-state index in [2.05, 4.69) is 66.0 Å². The van der Waals surface area contributed by atoms with Crippen LogP contribution >= 0.6 is 0 Å². The summed E-state index contributed by atoms with van der Waals surface area (Å²) in [5.41, 5.74) is 16.0. The Balaban J connectivity index is 1.39. The summed E-state index contributed by atoms with van der Waals surface area (Å²) in [5, 5.41) is 9.58. The van der Waals surface area contributed by atoms with Gasteiger partial charge in [-0.2, -0.15) is 10.2 Å². The van der Waals surface area contributed by atoms with Gasteiger partial charge < -0.3 is 16.1 Å². The molecule has 8 heteroatoms. The zero-order valence-corrected chi connectivity index (χ0v) is 22.3. The lowest BCUT2D eigenvalue weighted by atomic mass is 9.97. The Hall–Kier alpha value is -4.98. The Bertz CT molecular complexity index is 1830. The van der Waals surface area contributed by atoms with Gasteiger partial charge in [-0.25, -0.2) is 14.6 Å². The molecule has 3 aromatic carbocycles. The maximum atomic E-state index is 6.20. The number of hydrogen-bond acceptors (Lipinski definition) is 5. The number of amidine groups is 1. The van der Waals surface area contributed by atoms with Crippen molar-refractivity contribution < 1.29 is 0 Å². The van der Waals surface area contributed by atoms with E-state index in [1.807, 2.05) is 48.1 Å². The van der Waals surface area contributed by atoms with Gasteiger partial charge in [0.05, 0.1) is 17.7 Å². The highest BCUT2D eigenvalue weighted by Crippen LogP contribution is 2.28. The van der Waals surface area contributed by atoms with Gasteiger partial charge in [-0.1, -0.05) is 49.4 Å². The van der Waals surface area contributed by atoms with Crippen molar-refractivity contribution in [3.05, 3.63) is 107 Å². The van der Waals surface area contributed by atoms with E-state index in [4.69, 9.17) is 26.6 Å². The molecule has 0 unspecified atom stereocenters. The number of hydrogen-bond donors (Lipinski definition) is 2. The first-order valence-corrected chi connectivity index (χ1v) is 13.0. The summed E-state index contributed by atoms with van der Waals surface area (Å²) < 4.78 is 4.10. The number of aryl methyl sites for hydroxylation is 3. The smallest absolute Gasteiger partial charge is 0.160 e. The maximum Gasteiger partial charge on any atom is 0.160 e. The number of imidazole rings is 1. The fourth-order valence-electron chi connectivity index (χ4n) is 5.16. The Morgan fingerprint density at radius 2 is 1.74 bits per heavy atom. The number of nitrogens with two attached hydrogens (primary N) is 2. The van der Waals surface area contributed by atoms with Gasteiger partial charge >= 0.3 is 0 Å². The van der Waals surface area contributed by atoms with Crippen molar-refractivity contribution in [1.82, 2.24) is 24.3 Å². The largest absolute Gasteiger partial charge is 0.382 e. The molecule has 0 saturated heterocycles. The summed E-state index contributed by atoms with van der Waals surface area (Å²) >= 11 is 0. The third kappa shape index (κ3) is 4.40. The van der Waals surface area contributed by atoms with Crippen molar-refractivity contribution in [1.29, 1.82) is 0 Å². The first-order chi connectivity index (χ1) is 18.9. The Morgan fingerprint density at radius 3 is 2.49 bits per heavy atom. The number of rotatable bonds is 6. The second-order valence-electron chi connectivity index (χ2n) is 9.79.